The Hall–Kier alpha value is -0.120. The Labute approximate surface area is 74.2 Å². The predicted molar refractivity (Wildman–Crippen MR) is 47.8 cm³/mol. The molecule has 1 aliphatic heterocycles. The molecule has 1 heterocycles. The zero-order valence-electron chi connectivity index (χ0n) is 8.17. The second-order valence-electron chi connectivity index (χ2n) is 3.82. The maximum absolute atomic E-state index is 5.84. The molecule has 0 amide bonds. The normalized spacial score (nSPS) is 35.0. The van der Waals surface area contributed by atoms with Crippen LogP contribution in [0.1, 0.15) is 33.6 Å². The fourth-order valence-electron chi connectivity index (χ4n) is 1.45. The Kier molecular flexibility index (Phi) is 3.09. The number of hydrogen-bond donors (Lipinski definition) is 1. The van der Waals surface area contributed by atoms with Gasteiger partial charge in [0.15, 0.2) is 5.79 Å². The highest BCUT2D eigenvalue weighted by Gasteiger charge is 2.33. The molecule has 1 fully saturated rings. The van der Waals surface area contributed by atoms with Crippen molar-refractivity contribution in [2.24, 2.45) is 5.73 Å². The van der Waals surface area contributed by atoms with Crippen LogP contribution in [0.2, 0.25) is 0 Å². The molecule has 0 aromatic carbocycles. The molecule has 1 aliphatic rings. The zero-order chi connectivity index (χ0) is 9.19. The van der Waals surface area contributed by atoms with Gasteiger partial charge in [-0.3, -0.25) is 0 Å². The van der Waals surface area contributed by atoms with Gasteiger partial charge in [-0.05, 0) is 20.3 Å². The highest BCUT2D eigenvalue weighted by molar-refractivity contribution is 4.79. The molecule has 3 nitrogen and oxygen atoms in total. The predicted octanol–water partition coefficient (Wildman–Crippen LogP) is 1.27. The van der Waals surface area contributed by atoms with Crippen LogP contribution in [0.25, 0.3) is 0 Å². The fraction of sp³-hybridized carbons (Fsp3) is 1.00. The Bertz CT molecular complexity index is 147. The highest BCUT2D eigenvalue weighted by atomic mass is 16.7. The Morgan fingerprint density at radius 2 is 2.17 bits per heavy atom. The summed E-state index contributed by atoms with van der Waals surface area (Å²) in [6.07, 6.45) is 2.29. The summed E-state index contributed by atoms with van der Waals surface area (Å²) in [5.41, 5.74) is 5.84. The van der Waals surface area contributed by atoms with Gasteiger partial charge in [0.1, 0.15) is 0 Å². The quantitative estimate of drug-likeness (QED) is 0.684. The first kappa shape index (κ1) is 9.96. The average Bonchev–Trinajstić information content (AvgIpc) is 1.97. The van der Waals surface area contributed by atoms with Gasteiger partial charge in [-0.1, -0.05) is 13.3 Å². The molecule has 1 rings (SSSR count). The first-order valence-corrected chi connectivity index (χ1v) is 4.62. The Morgan fingerprint density at radius 1 is 1.50 bits per heavy atom. The number of hydrogen-bond acceptors (Lipinski definition) is 3. The van der Waals surface area contributed by atoms with Gasteiger partial charge in [0.05, 0.1) is 18.8 Å². The molecule has 0 unspecified atom stereocenters. The largest absolute Gasteiger partial charge is 0.349 e. The fourth-order valence-corrected chi connectivity index (χ4v) is 1.45. The minimum Gasteiger partial charge on any atom is -0.349 e. The minimum absolute atomic E-state index is 0.0398. The second-order valence-corrected chi connectivity index (χ2v) is 3.82. The van der Waals surface area contributed by atoms with Crippen molar-refractivity contribution in [3.63, 3.8) is 0 Å². The summed E-state index contributed by atoms with van der Waals surface area (Å²) in [5, 5.41) is 0. The third-order valence-electron chi connectivity index (χ3n) is 2.11. The maximum atomic E-state index is 5.84. The van der Waals surface area contributed by atoms with Crippen molar-refractivity contribution in [2.75, 3.05) is 6.61 Å². The van der Waals surface area contributed by atoms with E-state index in [2.05, 4.69) is 6.92 Å². The Balaban J connectivity index is 2.47. The van der Waals surface area contributed by atoms with E-state index in [0.717, 1.165) is 12.8 Å². The standard InChI is InChI=1S/C9H19NO2/c1-4-5-8-7(10)6-11-9(2,3)12-8/h7-8H,4-6,10H2,1-3H3/t7-,8-/m0/s1. The molecule has 0 aromatic rings. The van der Waals surface area contributed by atoms with E-state index in [9.17, 15) is 0 Å². The van der Waals surface area contributed by atoms with E-state index in [1.165, 1.54) is 0 Å². The highest BCUT2D eigenvalue weighted by Crippen LogP contribution is 2.23. The van der Waals surface area contributed by atoms with Crippen molar-refractivity contribution in [1.82, 2.24) is 0 Å². The van der Waals surface area contributed by atoms with E-state index in [4.69, 9.17) is 15.2 Å². The van der Waals surface area contributed by atoms with Gasteiger partial charge in [-0.2, -0.15) is 0 Å². The van der Waals surface area contributed by atoms with Gasteiger partial charge in [-0.25, -0.2) is 0 Å². The first-order chi connectivity index (χ1) is 5.55. The summed E-state index contributed by atoms with van der Waals surface area (Å²) < 4.78 is 11.1. The van der Waals surface area contributed by atoms with Crippen LogP contribution in [-0.2, 0) is 9.47 Å². The van der Waals surface area contributed by atoms with Crippen molar-refractivity contribution in [2.45, 2.75) is 51.5 Å². The van der Waals surface area contributed by atoms with Crippen molar-refractivity contribution < 1.29 is 9.47 Å². The topological polar surface area (TPSA) is 44.5 Å². The summed E-state index contributed by atoms with van der Waals surface area (Å²) in [6, 6.07) is 0.0398. The Morgan fingerprint density at radius 3 is 2.75 bits per heavy atom. The van der Waals surface area contributed by atoms with Crippen LogP contribution in [0.5, 0.6) is 0 Å². The second kappa shape index (κ2) is 3.73. The summed E-state index contributed by atoms with van der Waals surface area (Å²) in [7, 11) is 0. The minimum atomic E-state index is -0.449. The average molecular weight is 173 g/mol. The van der Waals surface area contributed by atoms with E-state index in [1.807, 2.05) is 13.8 Å². The van der Waals surface area contributed by atoms with Crippen LogP contribution < -0.4 is 5.73 Å². The van der Waals surface area contributed by atoms with Crippen LogP contribution >= 0.6 is 0 Å². The summed E-state index contributed by atoms with van der Waals surface area (Å²) in [4.78, 5) is 0. The van der Waals surface area contributed by atoms with E-state index in [0.29, 0.717) is 6.61 Å². The van der Waals surface area contributed by atoms with Gasteiger partial charge in [-0.15, -0.1) is 0 Å². The molecule has 2 atom stereocenters. The molecule has 3 heteroatoms. The van der Waals surface area contributed by atoms with Crippen LogP contribution in [0, 0.1) is 0 Å². The van der Waals surface area contributed by atoms with Gasteiger partial charge >= 0.3 is 0 Å². The molecule has 0 spiro atoms. The van der Waals surface area contributed by atoms with Gasteiger partial charge < -0.3 is 15.2 Å². The van der Waals surface area contributed by atoms with Gasteiger partial charge in [0.2, 0.25) is 0 Å². The summed E-state index contributed by atoms with van der Waals surface area (Å²) in [6.45, 7) is 6.61. The lowest BCUT2D eigenvalue weighted by Gasteiger charge is -2.39. The molecule has 2 N–H and O–H groups in total. The van der Waals surface area contributed by atoms with Crippen LogP contribution in [0.3, 0.4) is 0 Å². The molecule has 0 radical (unpaired) electrons. The molecule has 0 aromatic heterocycles. The molecule has 1 saturated heterocycles. The third kappa shape index (κ3) is 2.44. The molecule has 0 saturated carbocycles. The lowest BCUT2D eigenvalue weighted by molar-refractivity contribution is -0.279. The molecule has 0 bridgehead atoms. The third-order valence-corrected chi connectivity index (χ3v) is 2.11. The van der Waals surface area contributed by atoms with Crippen molar-refractivity contribution in [3.8, 4) is 0 Å². The first-order valence-electron chi connectivity index (χ1n) is 4.62. The van der Waals surface area contributed by atoms with Crippen molar-refractivity contribution >= 4 is 0 Å². The molecular formula is C9H19NO2. The SMILES string of the molecule is CCC[C@@H]1OC(C)(C)OC[C@@H]1N. The summed E-state index contributed by atoms with van der Waals surface area (Å²) in [5.74, 6) is -0.449. The molecule has 12 heavy (non-hydrogen) atoms. The van der Waals surface area contributed by atoms with Crippen LogP contribution in [0.15, 0.2) is 0 Å². The van der Waals surface area contributed by atoms with Crippen molar-refractivity contribution in [1.29, 1.82) is 0 Å². The maximum Gasteiger partial charge on any atom is 0.163 e. The molecular weight excluding hydrogens is 154 g/mol. The van der Waals surface area contributed by atoms with E-state index in [-0.39, 0.29) is 12.1 Å². The smallest absolute Gasteiger partial charge is 0.163 e. The monoisotopic (exact) mass is 173 g/mol. The van der Waals surface area contributed by atoms with Gasteiger partial charge in [0.25, 0.3) is 0 Å². The van der Waals surface area contributed by atoms with Crippen LogP contribution in [-0.4, -0.2) is 24.5 Å². The zero-order valence-corrected chi connectivity index (χ0v) is 8.17. The van der Waals surface area contributed by atoms with Gasteiger partial charge in [0, 0.05) is 0 Å². The van der Waals surface area contributed by atoms with E-state index in [1.54, 1.807) is 0 Å². The van der Waals surface area contributed by atoms with Crippen LogP contribution in [0.4, 0.5) is 0 Å². The number of rotatable bonds is 2. The molecule has 72 valence electrons. The summed E-state index contributed by atoms with van der Waals surface area (Å²) >= 11 is 0. The lowest BCUT2D eigenvalue weighted by Crippen LogP contribution is -2.52. The number of ether oxygens (including phenoxy) is 2. The van der Waals surface area contributed by atoms with E-state index >= 15 is 0 Å². The lowest BCUT2D eigenvalue weighted by atomic mass is 10.1. The molecule has 0 aliphatic carbocycles. The van der Waals surface area contributed by atoms with Crippen molar-refractivity contribution in [3.05, 3.63) is 0 Å². The number of nitrogens with two attached hydrogens (primary N) is 1. The van der Waals surface area contributed by atoms with E-state index < -0.39 is 5.79 Å².